The molecule has 3 rings (SSSR count). The van der Waals surface area contributed by atoms with E-state index in [1.807, 2.05) is 48.5 Å². The third kappa shape index (κ3) is 1.70. The molecule has 1 aromatic heterocycles. The van der Waals surface area contributed by atoms with E-state index in [1.54, 1.807) is 6.92 Å². The molecule has 0 aliphatic rings. The first-order valence-electron chi connectivity index (χ1n) is 5.80. The third-order valence-electron chi connectivity index (χ3n) is 3.02. The molecule has 0 saturated heterocycles. The lowest BCUT2D eigenvalue weighted by atomic mass is 10.1. The predicted molar refractivity (Wildman–Crippen MR) is 71.5 cm³/mol. The summed E-state index contributed by atoms with van der Waals surface area (Å²) in [7, 11) is 0. The van der Waals surface area contributed by atoms with Gasteiger partial charge in [0.1, 0.15) is 0 Å². The molecule has 0 spiro atoms. The van der Waals surface area contributed by atoms with Crippen LogP contribution in [0.3, 0.4) is 0 Å². The van der Waals surface area contributed by atoms with Crippen LogP contribution in [0.25, 0.3) is 22.2 Å². The molecule has 0 aliphatic carbocycles. The van der Waals surface area contributed by atoms with Crippen LogP contribution in [0.15, 0.2) is 48.5 Å². The van der Waals surface area contributed by atoms with Crippen LogP contribution in [-0.4, -0.2) is 16.0 Å². The van der Waals surface area contributed by atoms with Crippen molar-refractivity contribution in [1.82, 2.24) is 10.2 Å². The Bertz CT molecular complexity index is 714. The van der Waals surface area contributed by atoms with Gasteiger partial charge in [-0.25, -0.2) is 0 Å². The van der Waals surface area contributed by atoms with E-state index in [0.29, 0.717) is 5.56 Å². The van der Waals surface area contributed by atoms with Crippen LogP contribution in [0, 0.1) is 0 Å². The Labute approximate surface area is 104 Å². The first-order chi connectivity index (χ1) is 8.75. The van der Waals surface area contributed by atoms with Crippen molar-refractivity contribution in [3.63, 3.8) is 0 Å². The number of hydrogen-bond donors (Lipinski definition) is 1. The van der Waals surface area contributed by atoms with Gasteiger partial charge in [-0.1, -0.05) is 36.4 Å². The van der Waals surface area contributed by atoms with Gasteiger partial charge in [0.25, 0.3) is 0 Å². The maximum atomic E-state index is 11.3. The highest BCUT2D eigenvalue weighted by Crippen LogP contribution is 2.26. The van der Waals surface area contributed by atoms with E-state index < -0.39 is 0 Å². The molecule has 0 bridgehead atoms. The van der Waals surface area contributed by atoms with E-state index in [1.165, 1.54) is 0 Å². The second kappa shape index (κ2) is 4.11. The van der Waals surface area contributed by atoms with E-state index in [4.69, 9.17) is 0 Å². The average Bonchev–Trinajstić information content (AvgIpc) is 2.82. The summed E-state index contributed by atoms with van der Waals surface area (Å²) in [5.41, 5.74) is 3.58. The summed E-state index contributed by atoms with van der Waals surface area (Å²) in [4.78, 5) is 11.3. The Morgan fingerprint density at radius 1 is 1.11 bits per heavy atom. The van der Waals surface area contributed by atoms with E-state index in [9.17, 15) is 4.79 Å². The zero-order valence-corrected chi connectivity index (χ0v) is 9.97. The van der Waals surface area contributed by atoms with Crippen LogP contribution < -0.4 is 0 Å². The zero-order valence-electron chi connectivity index (χ0n) is 9.97. The molecule has 0 saturated carbocycles. The quantitative estimate of drug-likeness (QED) is 0.693. The number of rotatable bonds is 2. The lowest BCUT2D eigenvalue weighted by Crippen LogP contribution is -1.90. The monoisotopic (exact) mass is 236 g/mol. The summed E-state index contributed by atoms with van der Waals surface area (Å²) in [6.07, 6.45) is 0. The largest absolute Gasteiger partial charge is 0.295 e. The fourth-order valence-corrected chi connectivity index (χ4v) is 2.05. The van der Waals surface area contributed by atoms with Crippen LogP contribution in [0.2, 0.25) is 0 Å². The van der Waals surface area contributed by atoms with Crippen molar-refractivity contribution in [1.29, 1.82) is 0 Å². The molecule has 1 N–H and O–H groups in total. The van der Waals surface area contributed by atoms with Gasteiger partial charge in [-0.15, -0.1) is 0 Å². The summed E-state index contributed by atoms with van der Waals surface area (Å²) in [5.74, 6) is 0.0627. The molecule has 2 aromatic carbocycles. The number of hydrogen-bond acceptors (Lipinski definition) is 2. The van der Waals surface area contributed by atoms with Gasteiger partial charge in [0.15, 0.2) is 5.78 Å². The molecule has 3 nitrogen and oxygen atoms in total. The second-order valence-electron chi connectivity index (χ2n) is 4.25. The first-order valence-corrected chi connectivity index (χ1v) is 5.80. The van der Waals surface area contributed by atoms with Gasteiger partial charge < -0.3 is 0 Å². The average molecular weight is 236 g/mol. The van der Waals surface area contributed by atoms with Crippen molar-refractivity contribution in [2.75, 3.05) is 0 Å². The van der Waals surface area contributed by atoms with Crippen molar-refractivity contribution in [3.8, 4) is 11.3 Å². The maximum Gasteiger partial charge on any atom is 0.159 e. The predicted octanol–water partition coefficient (Wildman–Crippen LogP) is 3.43. The van der Waals surface area contributed by atoms with Crippen LogP contribution in [0.4, 0.5) is 0 Å². The Kier molecular flexibility index (Phi) is 2.45. The number of benzene rings is 2. The fraction of sp³-hybridized carbons (Fsp3) is 0.0667. The number of carbonyl (C=O) groups is 1. The highest BCUT2D eigenvalue weighted by atomic mass is 16.1. The smallest absolute Gasteiger partial charge is 0.159 e. The highest BCUT2D eigenvalue weighted by molar-refractivity contribution is 6.00. The molecule has 0 fully saturated rings. The van der Waals surface area contributed by atoms with Crippen molar-refractivity contribution >= 4 is 16.7 Å². The van der Waals surface area contributed by atoms with Gasteiger partial charge in [-0.2, -0.15) is 5.10 Å². The molecule has 0 unspecified atom stereocenters. The Morgan fingerprint density at radius 2 is 1.89 bits per heavy atom. The molecule has 18 heavy (non-hydrogen) atoms. The van der Waals surface area contributed by atoms with E-state index >= 15 is 0 Å². The van der Waals surface area contributed by atoms with Crippen LogP contribution in [-0.2, 0) is 0 Å². The molecule has 88 valence electrons. The fourth-order valence-electron chi connectivity index (χ4n) is 2.05. The number of nitrogens with one attached hydrogen (secondary N) is 1. The third-order valence-corrected chi connectivity index (χ3v) is 3.02. The topological polar surface area (TPSA) is 45.8 Å². The SMILES string of the molecule is CC(=O)c1ccc2c(-c3ccccc3)n[nH]c2c1. The number of H-pyrrole nitrogens is 1. The van der Waals surface area contributed by atoms with Gasteiger partial charge in [0.05, 0.1) is 11.2 Å². The van der Waals surface area contributed by atoms with Gasteiger partial charge in [-0.05, 0) is 19.1 Å². The summed E-state index contributed by atoms with van der Waals surface area (Å²) in [6, 6.07) is 15.6. The lowest BCUT2D eigenvalue weighted by molar-refractivity contribution is 0.101. The molecule has 1 heterocycles. The molecule has 0 radical (unpaired) electrons. The molecule has 0 aliphatic heterocycles. The molecule has 0 atom stereocenters. The van der Waals surface area contributed by atoms with E-state index in [0.717, 1.165) is 22.2 Å². The first kappa shape index (κ1) is 10.7. The summed E-state index contributed by atoms with van der Waals surface area (Å²) in [6.45, 7) is 1.57. The summed E-state index contributed by atoms with van der Waals surface area (Å²) in [5, 5.41) is 8.34. The number of ketones is 1. The van der Waals surface area contributed by atoms with Gasteiger partial charge in [-0.3, -0.25) is 9.89 Å². The highest BCUT2D eigenvalue weighted by Gasteiger charge is 2.09. The molecular weight excluding hydrogens is 224 g/mol. The number of carbonyl (C=O) groups excluding carboxylic acids is 1. The Morgan fingerprint density at radius 3 is 2.61 bits per heavy atom. The minimum atomic E-state index is 0.0627. The van der Waals surface area contributed by atoms with Crippen molar-refractivity contribution in [2.24, 2.45) is 0 Å². The van der Waals surface area contributed by atoms with E-state index in [2.05, 4.69) is 10.2 Å². The number of nitrogens with zero attached hydrogens (tertiary/aromatic N) is 1. The number of aromatic amines is 1. The van der Waals surface area contributed by atoms with Gasteiger partial charge in [0.2, 0.25) is 0 Å². The standard InChI is InChI=1S/C15H12N2O/c1-10(18)12-7-8-13-14(9-12)16-17-15(13)11-5-3-2-4-6-11/h2-9H,1H3,(H,16,17). The van der Waals surface area contributed by atoms with Gasteiger partial charge >= 0.3 is 0 Å². The molecule has 0 amide bonds. The number of Topliss-reactive ketones (excluding diaryl/α,β-unsaturated/α-hetero) is 1. The maximum absolute atomic E-state index is 11.3. The van der Waals surface area contributed by atoms with Crippen molar-refractivity contribution < 1.29 is 4.79 Å². The molecule has 3 heteroatoms. The Balaban J connectivity index is 2.19. The molecular formula is C15H12N2O. The van der Waals surface area contributed by atoms with Crippen LogP contribution in [0.1, 0.15) is 17.3 Å². The lowest BCUT2D eigenvalue weighted by Gasteiger charge is -1.98. The van der Waals surface area contributed by atoms with Crippen LogP contribution >= 0.6 is 0 Å². The van der Waals surface area contributed by atoms with Crippen molar-refractivity contribution in [2.45, 2.75) is 6.92 Å². The second-order valence-corrected chi connectivity index (χ2v) is 4.25. The number of aromatic nitrogens is 2. The van der Waals surface area contributed by atoms with E-state index in [-0.39, 0.29) is 5.78 Å². The van der Waals surface area contributed by atoms with Crippen molar-refractivity contribution in [3.05, 3.63) is 54.1 Å². The zero-order chi connectivity index (χ0) is 12.5. The summed E-state index contributed by atoms with van der Waals surface area (Å²) < 4.78 is 0. The van der Waals surface area contributed by atoms with Gasteiger partial charge in [0, 0.05) is 16.5 Å². The minimum absolute atomic E-state index is 0.0627. The number of fused-ring (bicyclic) bond motifs is 1. The molecule has 3 aromatic rings. The summed E-state index contributed by atoms with van der Waals surface area (Å²) >= 11 is 0. The minimum Gasteiger partial charge on any atom is -0.295 e. The van der Waals surface area contributed by atoms with Crippen LogP contribution in [0.5, 0.6) is 0 Å². The normalized spacial score (nSPS) is 10.7. The Hall–Kier alpha value is -2.42.